The van der Waals surface area contributed by atoms with Crippen LogP contribution < -0.4 is 5.32 Å². The summed E-state index contributed by atoms with van der Waals surface area (Å²) in [4.78, 5) is 23.2. The first kappa shape index (κ1) is 16.0. The normalized spacial score (nSPS) is 17.7. The second-order valence-corrected chi connectivity index (χ2v) is 5.74. The fourth-order valence-electron chi connectivity index (χ4n) is 1.94. The lowest BCUT2D eigenvalue weighted by atomic mass is 9.92. The van der Waals surface area contributed by atoms with Crippen LogP contribution in [0.2, 0.25) is 0 Å². The van der Waals surface area contributed by atoms with Crippen LogP contribution in [0, 0.1) is 0 Å². The van der Waals surface area contributed by atoms with Crippen molar-refractivity contribution in [3.63, 3.8) is 0 Å². The molecule has 1 saturated heterocycles. The Morgan fingerprint density at radius 3 is 2.68 bits per heavy atom. The van der Waals surface area contributed by atoms with E-state index in [1.165, 1.54) is 0 Å². The molecule has 0 unspecified atom stereocenters. The van der Waals surface area contributed by atoms with Gasteiger partial charge in [-0.25, -0.2) is 4.79 Å². The molecule has 0 bridgehead atoms. The Kier molecular flexibility index (Phi) is 6.94. The lowest BCUT2D eigenvalue weighted by Crippen LogP contribution is -2.56. The lowest BCUT2D eigenvalue weighted by Gasteiger charge is -2.33. The summed E-state index contributed by atoms with van der Waals surface area (Å²) in [6.07, 6.45) is 3.51. The molecular formula is C13H21NO4S. The summed E-state index contributed by atoms with van der Waals surface area (Å²) in [6, 6.07) is 0. The molecule has 0 saturated carbocycles. The SMILES string of the molecule is C=CCOCCCC(=O)NC1(C(=O)O)CCSCC1. The van der Waals surface area contributed by atoms with E-state index in [1.807, 2.05) is 0 Å². The van der Waals surface area contributed by atoms with Gasteiger partial charge in [-0.05, 0) is 30.8 Å². The zero-order valence-electron chi connectivity index (χ0n) is 11.0. The minimum absolute atomic E-state index is 0.212. The van der Waals surface area contributed by atoms with Crippen molar-refractivity contribution in [1.82, 2.24) is 5.32 Å². The fraction of sp³-hybridized carbons (Fsp3) is 0.692. The number of hydrogen-bond donors (Lipinski definition) is 2. The Morgan fingerprint density at radius 2 is 2.11 bits per heavy atom. The third-order valence-corrected chi connectivity index (χ3v) is 4.05. The molecule has 5 nitrogen and oxygen atoms in total. The molecular weight excluding hydrogens is 266 g/mol. The number of thioether (sulfide) groups is 1. The lowest BCUT2D eigenvalue weighted by molar-refractivity contribution is -0.148. The van der Waals surface area contributed by atoms with Crippen molar-refractivity contribution in [2.24, 2.45) is 0 Å². The Balaban J connectivity index is 2.35. The van der Waals surface area contributed by atoms with Crippen LogP contribution in [0.5, 0.6) is 0 Å². The van der Waals surface area contributed by atoms with E-state index < -0.39 is 11.5 Å². The van der Waals surface area contributed by atoms with Gasteiger partial charge in [-0.3, -0.25) is 4.79 Å². The second-order valence-electron chi connectivity index (χ2n) is 4.51. The van der Waals surface area contributed by atoms with Crippen molar-refractivity contribution in [2.45, 2.75) is 31.2 Å². The standard InChI is InChI=1S/C13H21NO4S/c1-2-7-18-8-3-4-11(15)14-13(12(16)17)5-9-19-10-6-13/h2H,1,3-10H2,(H,14,15)(H,16,17). The van der Waals surface area contributed by atoms with E-state index in [1.54, 1.807) is 17.8 Å². The van der Waals surface area contributed by atoms with E-state index in [0.29, 0.717) is 38.9 Å². The topological polar surface area (TPSA) is 75.6 Å². The third kappa shape index (κ3) is 5.24. The number of aliphatic carboxylic acids is 1. The minimum atomic E-state index is -1.07. The van der Waals surface area contributed by atoms with Crippen LogP contribution >= 0.6 is 11.8 Å². The molecule has 1 heterocycles. The van der Waals surface area contributed by atoms with Gasteiger partial charge in [0.05, 0.1) is 6.61 Å². The first-order chi connectivity index (χ1) is 9.10. The van der Waals surface area contributed by atoms with Gasteiger partial charge in [-0.1, -0.05) is 6.08 Å². The number of carbonyl (C=O) groups is 2. The average molecular weight is 287 g/mol. The van der Waals surface area contributed by atoms with Crippen LogP contribution in [-0.2, 0) is 14.3 Å². The van der Waals surface area contributed by atoms with E-state index in [-0.39, 0.29) is 5.91 Å². The zero-order chi connectivity index (χ0) is 14.1. The molecule has 1 rings (SSSR count). The number of hydrogen-bond acceptors (Lipinski definition) is 4. The number of nitrogens with one attached hydrogen (secondary N) is 1. The average Bonchev–Trinajstić information content (AvgIpc) is 2.39. The first-order valence-corrected chi connectivity index (χ1v) is 7.57. The first-order valence-electron chi connectivity index (χ1n) is 6.41. The molecule has 0 radical (unpaired) electrons. The maximum Gasteiger partial charge on any atom is 0.329 e. The van der Waals surface area contributed by atoms with Crippen molar-refractivity contribution in [3.8, 4) is 0 Å². The van der Waals surface area contributed by atoms with Gasteiger partial charge in [0.15, 0.2) is 0 Å². The van der Waals surface area contributed by atoms with Crippen molar-refractivity contribution in [1.29, 1.82) is 0 Å². The highest BCUT2D eigenvalue weighted by molar-refractivity contribution is 7.99. The maximum absolute atomic E-state index is 11.8. The Morgan fingerprint density at radius 1 is 1.42 bits per heavy atom. The molecule has 0 aromatic rings. The van der Waals surface area contributed by atoms with Gasteiger partial charge in [0, 0.05) is 13.0 Å². The van der Waals surface area contributed by atoms with Crippen LogP contribution in [0.3, 0.4) is 0 Å². The monoisotopic (exact) mass is 287 g/mol. The van der Waals surface area contributed by atoms with Crippen LogP contribution in [0.25, 0.3) is 0 Å². The summed E-state index contributed by atoms with van der Waals surface area (Å²) in [7, 11) is 0. The fourth-order valence-corrected chi connectivity index (χ4v) is 3.13. The molecule has 0 aromatic heterocycles. The number of carbonyl (C=O) groups excluding carboxylic acids is 1. The Labute approximate surface area is 117 Å². The van der Waals surface area contributed by atoms with Crippen molar-refractivity contribution < 1.29 is 19.4 Å². The number of carboxylic acid groups (broad SMARTS) is 1. The Bertz CT molecular complexity index is 327. The Hall–Kier alpha value is -1.01. The van der Waals surface area contributed by atoms with Gasteiger partial charge >= 0.3 is 5.97 Å². The van der Waals surface area contributed by atoms with Gasteiger partial charge in [0.2, 0.25) is 5.91 Å². The van der Waals surface area contributed by atoms with E-state index in [0.717, 1.165) is 11.5 Å². The molecule has 19 heavy (non-hydrogen) atoms. The van der Waals surface area contributed by atoms with E-state index in [2.05, 4.69) is 11.9 Å². The van der Waals surface area contributed by atoms with E-state index in [4.69, 9.17) is 4.74 Å². The van der Waals surface area contributed by atoms with Crippen LogP contribution in [0.4, 0.5) is 0 Å². The highest BCUT2D eigenvalue weighted by atomic mass is 32.2. The summed E-state index contributed by atoms with van der Waals surface area (Å²) in [5, 5.41) is 12.0. The van der Waals surface area contributed by atoms with Gasteiger partial charge in [-0.2, -0.15) is 11.8 Å². The molecule has 108 valence electrons. The molecule has 2 N–H and O–H groups in total. The molecule has 1 amide bonds. The summed E-state index contributed by atoms with van der Waals surface area (Å²) < 4.78 is 5.18. The van der Waals surface area contributed by atoms with E-state index >= 15 is 0 Å². The molecule has 6 heteroatoms. The van der Waals surface area contributed by atoms with Crippen molar-refractivity contribution in [2.75, 3.05) is 24.7 Å². The second kappa shape index (κ2) is 8.22. The minimum Gasteiger partial charge on any atom is -0.480 e. The molecule has 1 fully saturated rings. The van der Waals surface area contributed by atoms with Crippen molar-refractivity contribution in [3.05, 3.63) is 12.7 Å². The summed E-state index contributed by atoms with van der Waals surface area (Å²) in [5.74, 6) is 0.407. The molecule has 0 aromatic carbocycles. The highest BCUT2D eigenvalue weighted by Gasteiger charge is 2.40. The number of carboxylic acids is 1. The summed E-state index contributed by atoms with van der Waals surface area (Å²) in [5.41, 5.74) is -1.07. The maximum atomic E-state index is 11.8. The zero-order valence-corrected chi connectivity index (χ0v) is 11.8. The summed E-state index contributed by atoms with van der Waals surface area (Å²) >= 11 is 1.72. The largest absolute Gasteiger partial charge is 0.480 e. The summed E-state index contributed by atoms with van der Waals surface area (Å²) in [6.45, 7) is 4.48. The van der Waals surface area contributed by atoms with E-state index in [9.17, 15) is 14.7 Å². The highest BCUT2D eigenvalue weighted by Crippen LogP contribution is 2.27. The third-order valence-electron chi connectivity index (χ3n) is 3.06. The molecule has 0 spiro atoms. The molecule has 0 aliphatic carbocycles. The van der Waals surface area contributed by atoms with Crippen LogP contribution in [0.1, 0.15) is 25.7 Å². The van der Waals surface area contributed by atoms with Crippen LogP contribution in [-0.4, -0.2) is 47.2 Å². The quantitative estimate of drug-likeness (QED) is 0.522. The van der Waals surface area contributed by atoms with Crippen molar-refractivity contribution >= 4 is 23.6 Å². The number of amides is 1. The predicted octanol–water partition coefficient (Wildman–Crippen LogP) is 1.44. The molecule has 1 aliphatic heterocycles. The van der Waals surface area contributed by atoms with Gasteiger partial charge in [-0.15, -0.1) is 6.58 Å². The molecule has 0 atom stereocenters. The predicted molar refractivity (Wildman–Crippen MR) is 75.3 cm³/mol. The van der Waals surface area contributed by atoms with Gasteiger partial charge in [0.1, 0.15) is 5.54 Å². The van der Waals surface area contributed by atoms with Crippen LogP contribution in [0.15, 0.2) is 12.7 Å². The molecule has 1 aliphatic rings. The van der Waals surface area contributed by atoms with Gasteiger partial charge in [0.25, 0.3) is 0 Å². The smallest absolute Gasteiger partial charge is 0.329 e. The number of rotatable bonds is 8. The number of ether oxygens (including phenoxy) is 1. The van der Waals surface area contributed by atoms with Gasteiger partial charge < -0.3 is 15.2 Å².